The van der Waals surface area contributed by atoms with Crippen molar-refractivity contribution >= 4 is 27.5 Å². The summed E-state index contributed by atoms with van der Waals surface area (Å²) in [6.45, 7) is 0.144. The van der Waals surface area contributed by atoms with Gasteiger partial charge in [-0.1, -0.05) is 11.6 Å². The monoisotopic (exact) mass is 250 g/mol. The average Bonchev–Trinajstić information content (AvgIpc) is 2.48. The van der Waals surface area contributed by atoms with Crippen LogP contribution >= 0.6 is 27.5 Å². The topological polar surface area (TPSA) is 38.7 Å². The van der Waals surface area contributed by atoms with E-state index in [1.54, 1.807) is 6.07 Å². The first-order valence-corrected chi connectivity index (χ1v) is 4.34. The first-order valence-electron chi connectivity index (χ1n) is 3.16. The Morgan fingerprint density at radius 3 is 3.00 bits per heavy atom. The van der Waals surface area contributed by atoms with E-state index in [2.05, 4.69) is 15.9 Å². The second-order valence-electron chi connectivity index (χ2n) is 2.25. The van der Waals surface area contributed by atoms with E-state index in [1.165, 1.54) is 0 Å². The molecule has 2 rings (SSSR count). The van der Waals surface area contributed by atoms with Crippen molar-refractivity contribution in [1.29, 1.82) is 0 Å². The lowest BCUT2D eigenvalue weighted by atomic mass is 10.3. The second-order valence-corrected chi connectivity index (χ2v) is 3.49. The van der Waals surface area contributed by atoms with Crippen LogP contribution in [0.1, 0.15) is 0 Å². The summed E-state index contributed by atoms with van der Waals surface area (Å²) in [6.07, 6.45) is 0. The van der Waals surface area contributed by atoms with E-state index >= 15 is 0 Å². The van der Waals surface area contributed by atoms with Crippen molar-refractivity contribution in [3.63, 3.8) is 0 Å². The van der Waals surface area contributed by atoms with Gasteiger partial charge in [-0.05, 0) is 15.9 Å². The third-order valence-electron chi connectivity index (χ3n) is 1.53. The van der Waals surface area contributed by atoms with Crippen molar-refractivity contribution in [2.75, 3.05) is 6.79 Å². The molecule has 0 radical (unpaired) electrons. The highest BCUT2D eigenvalue weighted by Crippen LogP contribution is 2.47. The van der Waals surface area contributed by atoms with Crippen molar-refractivity contribution < 1.29 is 14.6 Å². The second kappa shape index (κ2) is 2.71. The summed E-state index contributed by atoms with van der Waals surface area (Å²) in [4.78, 5) is 0. The van der Waals surface area contributed by atoms with Gasteiger partial charge in [0.15, 0.2) is 17.2 Å². The summed E-state index contributed by atoms with van der Waals surface area (Å²) < 4.78 is 10.6. The summed E-state index contributed by atoms with van der Waals surface area (Å²) in [5.41, 5.74) is 0. The standard InChI is InChI=1S/C7H4BrClO3/c8-3-1-4-7(12-2-11-4)5(9)6(3)10/h1,10H,2H2. The minimum Gasteiger partial charge on any atom is -0.505 e. The molecule has 3 nitrogen and oxygen atoms in total. The van der Waals surface area contributed by atoms with Crippen LogP contribution in [0, 0.1) is 0 Å². The van der Waals surface area contributed by atoms with Crippen LogP contribution in [0.3, 0.4) is 0 Å². The molecule has 1 heterocycles. The Balaban J connectivity index is 2.67. The number of halogens is 2. The molecule has 0 atom stereocenters. The van der Waals surface area contributed by atoms with E-state index in [-0.39, 0.29) is 17.6 Å². The number of phenols is 1. The van der Waals surface area contributed by atoms with Crippen LogP contribution in [0.5, 0.6) is 17.2 Å². The number of ether oxygens (including phenoxy) is 2. The summed E-state index contributed by atoms with van der Waals surface area (Å²) in [5.74, 6) is 0.919. The Bertz CT molecular complexity index is 340. The van der Waals surface area contributed by atoms with Gasteiger partial charge in [-0.15, -0.1) is 0 Å². The van der Waals surface area contributed by atoms with Crippen molar-refractivity contribution in [2.24, 2.45) is 0 Å². The minimum atomic E-state index is -0.0269. The quantitative estimate of drug-likeness (QED) is 0.770. The molecule has 0 amide bonds. The van der Waals surface area contributed by atoms with E-state index in [0.29, 0.717) is 16.0 Å². The zero-order valence-electron chi connectivity index (χ0n) is 5.80. The fraction of sp³-hybridized carbons (Fsp3) is 0.143. The van der Waals surface area contributed by atoms with Crippen LogP contribution in [0.2, 0.25) is 5.02 Å². The molecule has 1 N–H and O–H groups in total. The molecule has 1 aliphatic heterocycles. The number of benzene rings is 1. The van der Waals surface area contributed by atoms with Gasteiger partial charge in [0.25, 0.3) is 0 Å². The van der Waals surface area contributed by atoms with Crippen LogP contribution in [0.25, 0.3) is 0 Å². The van der Waals surface area contributed by atoms with Gasteiger partial charge in [-0.25, -0.2) is 0 Å². The lowest BCUT2D eigenvalue weighted by Gasteiger charge is -2.02. The maximum Gasteiger partial charge on any atom is 0.231 e. The fourth-order valence-corrected chi connectivity index (χ4v) is 1.73. The molecule has 0 aliphatic carbocycles. The minimum absolute atomic E-state index is 0.0269. The highest BCUT2D eigenvalue weighted by atomic mass is 79.9. The van der Waals surface area contributed by atoms with E-state index < -0.39 is 0 Å². The summed E-state index contributed by atoms with van der Waals surface area (Å²) >= 11 is 8.89. The number of phenolic OH excluding ortho intramolecular Hbond substituents is 1. The van der Waals surface area contributed by atoms with Gasteiger partial charge in [0, 0.05) is 6.07 Å². The molecule has 0 unspecified atom stereocenters. The lowest BCUT2D eigenvalue weighted by Crippen LogP contribution is -1.93. The van der Waals surface area contributed by atoms with E-state index in [1.807, 2.05) is 0 Å². The van der Waals surface area contributed by atoms with Gasteiger partial charge in [-0.3, -0.25) is 0 Å². The van der Waals surface area contributed by atoms with Crippen LogP contribution in [0.15, 0.2) is 10.5 Å². The van der Waals surface area contributed by atoms with Crippen LogP contribution in [-0.4, -0.2) is 11.9 Å². The SMILES string of the molecule is Oc1c(Br)cc2c(c1Cl)OCO2. The zero-order chi connectivity index (χ0) is 8.72. The maximum absolute atomic E-state index is 9.36. The van der Waals surface area contributed by atoms with Crippen molar-refractivity contribution in [3.05, 3.63) is 15.6 Å². The third-order valence-corrected chi connectivity index (χ3v) is 2.49. The van der Waals surface area contributed by atoms with Gasteiger partial charge < -0.3 is 14.6 Å². The molecule has 1 aliphatic rings. The smallest absolute Gasteiger partial charge is 0.231 e. The molecule has 0 saturated carbocycles. The van der Waals surface area contributed by atoms with Gasteiger partial charge in [0.05, 0.1) is 4.47 Å². The van der Waals surface area contributed by atoms with E-state index in [0.717, 1.165) is 0 Å². The molecule has 0 spiro atoms. The molecule has 0 bridgehead atoms. The normalized spacial score (nSPS) is 13.5. The first-order chi connectivity index (χ1) is 5.70. The first kappa shape index (κ1) is 8.01. The molecule has 64 valence electrons. The Morgan fingerprint density at radius 2 is 2.25 bits per heavy atom. The summed E-state index contributed by atoms with van der Waals surface area (Å²) in [6, 6.07) is 1.61. The number of fused-ring (bicyclic) bond motifs is 1. The number of hydrogen-bond donors (Lipinski definition) is 1. The largest absolute Gasteiger partial charge is 0.505 e. The Hall–Kier alpha value is -0.610. The van der Waals surface area contributed by atoms with Gasteiger partial charge >= 0.3 is 0 Å². The van der Waals surface area contributed by atoms with Crippen molar-refractivity contribution in [2.45, 2.75) is 0 Å². The van der Waals surface area contributed by atoms with E-state index in [4.69, 9.17) is 21.1 Å². The Morgan fingerprint density at radius 1 is 1.50 bits per heavy atom. The zero-order valence-corrected chi connectivity index (χ0v) is 8.15. The summed E-state index contributed by atoms with van der Waals surface area (Å²) in [7, 11) is 0. The molecular weight excluding hydrogens is 247 g/mol. The molecule has 5 heteroatoms. The Labute approximate surface area is 82.0 Å². The van der Waals surface area contributed by atoms with Crippen molar-refractivity contribution in [1.82, 2.24) is 0 Å². The van der Waals surface area contributed by atoms with Crippen LogP contribution in [-0.2, 0) is 0 Å². The highest BCUT2D eigenvalue weighted by Gasteiger charge is 2.21. The van der Waals surface area contributed by atoms with Gasteiger partial charge in [0.1, 0.15) is 5.02 Å². The highest BCUT2D eigenvalue weighted by molar-refractivity contribution is 9.10. The average molecular weight is 251 g/mol. The molecule has 12 heavy (non-hydrogen) atoms. The summed E-state index contributed by atoms with van der Waals surface area (Å²) in [5, 5.41) is 9.53. The predicted octanol–water partition coefficient (Wildman–Crippen LogP) is 2.54. The van der Waals surface area contributed by atoms with Gasteiger partial charge in [-0.2, -0.15) is 0 Å². The molecule has 0 aromatic heterocycles. The number of rotatable bonds is 0. The number of hydrogen-bond acceptors (Lipinski definition) is 3. The van der Waals surface area contributed by atoms with Crippen LogP contribution in [0.4, 0.5) is 0 Å². The molecular formula is C7H4BrClO3. The predicted molar refractivity (Wildman–Crippen MR) is 46.9 cm³/mol. The number of aromatic hydroxyl groups is 1. The lowest BCUT2D eigenvalue weighted by molar-refractivity contribution is 0.174. The third kappa shape index (κ3) is 1.03. The molecule has 1 aromatic rings. The van der Waals surface area contributed by atoms with Crippen LogP contribution < -0.4 is 9.47 Å². The Kier molecular flexibility index (Phi) is 1.81. The van der Waals surface area contributed by atoms with Crippen molar-refractivity contribution in [3.8, 4) is 17.2 Å². The van der Waals surface area contributed by atoms with Gasteiger partial charge in [0.2, 0.25) is 6.79 Å². The van der Waals surface area contributed by atoms with E-state index in [9.17, 15) is 5.11 Å². The molecule has 1 aromatic carbocycles. The molecule has 0 fully saturated rings. The maximum atomic E-state index is 9.36. The molecule has 0 saturated heterocycles. The fourth-order valence-electron chi connectivity index (χ4n) is 0.963.